The average Bonchev–Trinajstić information content (AvgIpc) is 3.01. The Balaban J connectivity index is 2.05. The fourth-order valence-corrected chi connectivity index (χ4v) is 2.98. The first-order chi connectivity index (χ1) is 13.2. The molecule has 2 N–H and O–H groups in total. The number of nitrogens with one attached hydrogen (secondary N) is 2. The molecule has 8 nitrogen and oxygen atoms in total. The zero-order valence-corrected chi connectivity index (χ0v) is 15.9. The lowest BCUT2D eigenvalue weighted by Gasteiger charge is -2.22. The van der Waals surface area contributed by atoms with Crippen molar-refractivity contribution in [1.82, 2.24) is 15.5 Å². The molecule has 1 unspecified atom stereocenters. The molecule has 0 bridgehead atoms. The van der Waals surface area contributed by atoms with Gasteiger partial charge in [0.2, 0.25) is 11.7 Å². The summed E-state index contributed by atoms with van der Waals surface area (Å²) in [6.07, 6.45) is -0.870. The molecule has 10 heteroatoms. The molecular weight excluding hydrogens is 376 g/mol. The lowest BCUT2D eigenvalue weighted by Crippen LogP contribution is -2.48. The van der Waals surface area contributed by atoms with Crippen LogP contribution in [0, 0.1) is 0 Å². The first kappa shape index (κ1) is 21.5. The number of ether oxygens (including phenoxy) is 2. The van der Waals surface area contributed by atoms with E-state index in [9.17, 15) is 23.2 Å². The third-order valence-corrected chi connectivity index (χ3v) is 4.35. The molecule has 1 heterocycles. The predicted octanol–water partition coefficient (Wildman–Crippen LogP) is 0.345. The third-order valence-electron chi connectivity index (χ3n) is 4.35. The monoisotopic (exact) mass is 399 g/mol. The number of carbonyl (C=O) groups is 3. The number of nitrogens with zero attached hydrogens (tertiary/aromatic N) is 1. The van der Waals surface area contributed by atoms with Crippen LogP contribution in [0.1, 0.15) is 12.0 Å². The van der Waals surface area contributed by atoms with Gasteiger partial charge in [-0.05, 0) is 24.7 Å². The van der Waals surface area contributed by atoms with E-state index in [2.05, 4.69) is 10.6 Å². The van der Waals surface area contributed by atoms with E-state index in [0.717, 1.165) is 4.90 Å². The van der Waals surface area contributed by atoms with Crippen molar-refractivity contribution in [2.75, 3.05) is 34.4 Å². The van der Waals surface area contributed by atoms with Crippen molar-refractivity contribution in [3.8, 4) is 11.5 Å². The Morgan fingerprint density at radius 1 is 1.21 bits per heavy atom. The molecule has 28 heavy (non-hydrogen) atoms. The van der Waals surface area contributed by atoms with E-state index in [-0.39, 0.29) is 13.1 Å². The van der Waals surface area contributed by atoms with E-state index >= 15 is 0 Å². The van der Waals surface area contributed by atoms with Gasteiger partial charge in [0.15, 0.2) is 11.5 Å². The van der Waals surface area contributed by atoms with Gasteiger partial charge in [0, 0.05) is 13.0 Å². The van der Waals surface area contributed by atoms with Crippen LogP contribution in [-0.2, 0) is 20.9 Å². The molecule has 1 aliphatic rings. The summed E-state index contributed by atoms with van der Waals surface area (Å²) in [7, 11) is 4.43. The largest absolute Gasteiger partial charge is 0.493 e. The van der Waals surface area contributed by atoms with Crippen molar-refractivity contribution in [3.63, 3.8) is 0 Å². The number of carbonyl (C=O) groups excluding carboxylic acids is 3. The summed E-state index contributed by atoms with van der Waals surface area (Å²) in [5.74, 6) is -5.03. The van der Waals surface area contributed by atoms with Crippen LogP contribution in [0.5, 0.6) is 11.5 Å². The highest BCUT2D eigenvalue weighted by Crippen LogP contribution is 2.32. The van der Waals surface area contributed by atoms with Crippen molar-refractivity contribution in [2.45, 2.75) is 24.9 Å². The Kier molecular flexibility index (Phi) is 6.90. The molecule has 0 aromatic heterocycles. The Morgan fingerprint density at radius 2 is 1.89 bits per heavy atom. The number of Topliss-reactive ketones (excluding diaryl/α,β-unsaturated/α-hetero) is 1. The van der Waals surface area contributed by atoms with Crippen molar-refractivity contribution < 1.29 is 32.6 Å². The standard InChI is InChI=1S/C18H23F2N3O5/c1-21-9-15(24)23-10-18(19,20)7-12(23)16(25)17(26)22-8-11-4-5-13(27-2)14(6-11)28-3/h4-6,12,21H,7-10H2,1-3H3,(H,22,26). The first-order valence-corrected chi connectivity index (χ1v) is 8.57. The van der Waals surface area contributed by atoms with Crippen LogP contribution in [0.3, 0.4) is 0 Å². The molecule has 2 amide bonds. The molecule has 154 valence electrons. The van der Waals surface area contributed by atoms with Crippen LogP contribution in [0.25, 0.3) is 0 Å². The molecule has 1 aromatic rings. The van der Waals surface area contributed by atoms with Gasteiger partial charge >= 0.3 is 0 Å². The maximum atomic E-state index is 13.8. The Hall–Kier alpha value is -2.75. The summed E-state index contributed by atoms with van der Waals surface area (Å²) >= 11 is 0. The lowest BCUT2D eigenvalue weighted by molar-refractivity contribution is -0.144. The van der Waals surface area contributed by atoms with Crippen LogP contribution in [0.4, 0.5) is 8.78 Å². The second kappa shape index (κ2) is 8.96. The molecule has 0 aliphatic carbocycles. The molecule has 1 fully saturated rings. The van der Waals surface area contributed by atoms with E-state index in [1.54, 1.807) is 18.2 Å². The van der Waals surface area contributed by atoms with Gasteiger partial charge in [0.25, 0.3) is 11.8 Å². The van der Waals surface area contributed by atoms with E-state index in [1.165, 1.54) is 21.3 Å². The molecule has 1 aliphatic heterocycles. The van der Waals surface area contributed by atoms with Gasteiger partial charge in [-0.1, -0.05) is 6.07 Å². The van der Waals surface area contributed by atoms with Gasteiger partial charge in [-0.25, -0.2) is 8.78 Å². The number of rotatable bonds is 8. The van der Waals surface area contributed by atoms with Crippen molar-refractivity contribution in [1.29, 1.82) is 0 Å². The number of halogens is 2. The van der Waals surface area contributed by atoms with E-state index in [0.29, 0.717) is 17.1 Å². The van der Waals surface area contributed by atoms with Gasteiger partial charge in [-0.3, -0.25) is 14.4 Å². The summed E-state index contributed by atoms with van der Waals surface area (Å²) in [5.41, 5.74) is 0.624. The molecule has 0 spiro atoms. The topological polar surface area (TPSA) is 97.0 Å². The van der Waals surface area contributed by atoms with Gasteiger partial charge in [-0.15, -0.1) is 0 Å². The summed E-state index contributed by atoms with van der Waals surface area (Å²) in [6, 6.07) is 3.44. The van der Waals surface area contributed by atoms with Crippen molar-refractivity contribution >= 4 is 17.6 Å². The second-order valence-electron chi connectivity index (χ2n) is 6.36. The molecule has 0 radical (unpaired) electrons. The first-order valence-electron chi connectivity index (χ1n) is 8.57. The predicted molar refractivity (Wildman–Crippen MR) is 95.4 cm³/mol. The molecule has 2 rings (SSSR count). The lowest BCUT2D eigenvalue weighted by atomic mass is 10.1. The number of methoxy groups -OCH3 is 2. The normalized spacial score (nSPS) is 17.9. The number of ketones is 1. The number of likely N-dealkylation sites (N-methyl/N-ethyl adjacent to an activating group) is 1. The zero-order chi connectivity index (χ0) is 20.9. The summed E-state index contributed by atoms with van der Waals surface area (Å²) in [4.78, 5) is 37.4. The van der Waals surface area contributed by atoms with Crippen LogP contribution >= 0.6 is 0 Å². The molecule has 0 saturated carbocycles. The maximum absolute atomic E-state index is 13.8. The second-order valence-corrected chi connectivity index (χ2v) is 6.36. The minimum absolute atomic E-state index is 0.0154. The number of hydrogen-bond acceptors (Lipinski definition) is 6. The summed E-state index contributed by atoms with van der Waals surface area (Å²) in [5, 5.41) is 4.96. The van der Waals surface area contributed by atoms with E-state index < -0.39 is 42.5 Å². The van der Waals surface area contributed by atoms with Gasteiger partial charge in [0.1, 0.15) is 6.04 Å². The summed E-state index contributed by atoms with van der Waals surface area (Å²) < 4.78 is 37.8. The fraction of sp³-hybridized carbons (Fsp3) is 0.500. The van der Waals surface area contributed by atoms with Crippen molar-refractivity contribution in [2.24, 2.45) is 0 Å². The Morgan fingerprint density at radius 3 is 2.50 bits per heavy atom. The smallest absolute Gasteiger partial charge is 0.289 e. The van der Waals surface area contributed by atoms with E-state index in [4.69, 9.17) is 9.47 Å². The Bertz CT molecular complexity index is 757. The van der Waals surface area contributed by atoms with Gasteiger partial charge < -0.3 is 25.0 Å². The minimum Gasteiger partial charge on any atom is -0.493 e. The van der Waals surface area contributed by atoms with Crippen molar-refractivity contribution in [3.05, 3.63) is 23.8 Å². The maximum Gasteiger partial charge on any atom is 0.289 e. The highest BCUT2D eigenvalue weighted by Gasteiger charge is 2.50. The minimum atomic E-state index is -3.21. The Labute approximate surface area is 161 Å². The van der Waals surface area contributed by atoms with Gasteiger partial charge in [0.05, 0.1) is 27.3 Å². The molecular formula is C18H23F2N3O5. The SMILES string of the molecule is CNCC(=O)N1CC(F)(F)CC1C(=O)C(=O)NCc1ccc(OC)c(OC)c1. The average molecular weight is 399 g/mol. The quantitative estimate of drug-likeness (QED) is 0.612. The molecule has 1 aromatic carbocycles. The summed E-state index contributed by atoms with van der Waals surface area (Å²) in [6.45, 7) is -1.10. The fourth-order valence-electron chi connectivity index (χ4n) is 2.98. The molecule has 1 saturated heterocycles. The number of amides is 2. The number of benzene rings is 1. The number of likely N-dealkylation sites (tertiary alicyclic amines) is 1. The van der Waals surface area contributed by atoms with Crippen LogP contribution in [-0.4, -0.2) is 68.8 Å². The van der Waals surface area contributed by atoms with E-state index in [1.807, 2.05) is 0 Å². The number of alkyl halides is 2. The highest BCUT2D eigenvalue weighted by atomic mass is 19.3. The molecule has 1 atom stereocenters. The van der Waals surface area contributed by atoms with Crippen LogP contribution < -0.4 is 20.1 Å². The number of hydrogen-bond donors (Lipinski definition) is 2. The third kappa shape index (κ3) is 4.94. The highest BCUT2D eigenvalue weighted by molar-refractivity contribution is 6.38. The van der Waals surface area contributed by atoms with Crippen LogP contribution in [0.2, 0.25) is 0 Å². The van der Waals surface area contributed by atoms with Gasteiger partial charge in [-0.2, -0.15) is 0 Å². The van der Waals surface area contributed by atoms with Crippen LogP contribution in [0.15, 0.2) is 18.2 Å². The zero-order valence-electron chi connectivity index (χ0n) is 15.9.